The van der Waals surface area contributed by atoms with Crippen LogP contribution in [0.25, 0.3) is 0 Å². The maximum Gasteiger partial charge on any atom is 0.0669 e. The smallest absolute Gasteiger partial charge is 0.0669 e. The average Bonchev–Trinajstić information content (AvgIpc) is 2.67. The molecule has 1 unspecified atom stereocenters. The Kier molecular flexibility index (Phi) is 2.76. The van der Waals surface area contributed by atoms with Gasteiger partial charge in [0.2, 0.25) is 0 Å². The van der Waals surface area contributed by atoms with Gasteiger partial charge in [-0.1, -0.05) is 6.07 Å². The number of hydrogen-bond acceptors (Lipinski definition) is 3. The van der Waals surface area contributed by atoms with Gasteiger partial charge in [-0.05, 0) is 25.1 Å². The summed E-state index contributed by atoms with van der Waals surface area (Å²) in [7, 11) is 0. The van der Waals surface area contributed by atoms with Crippen molar-refractivity contribution < 1.29 is 0 Å². The van der Waals surface area contributed by atoms with E-state index in [9.17, 15) is 0 Å². The number of likely N-dealkylation sites (tertiary alicyclic amines) is 1. The van der Waals surface area contributed by atoms with Crippen LogP contribution in [0.5, 0.6) is 0 Å². The van der Waals surface area contributed by atoms with Gasteiger partial charge in [0, 0.05) is 19.3 Å². The summed E-state index contributed by atoms with van der Waals surface area (Å²) >= 11 is 0. The normalized spacial score (nSPS) is 22.1. The van der Waals surface area contributed by atoms with Gasteiger partial charge in [-0.3, -0.25) is 9.88 Å². The Morgan fingerprint density at radius 3 is 3.14 bits per heavy atom. The standard InChI is InChI=1S/C11H13N3/c12-7-10-4-6-14(8-10)9-11-3-1-2-5-13-11/h1-3,5,10H,4,6,8-9H2. The van der Waals surface area contributed by atoms with Gasteiger partial charge in [0.1, 0.15) is 0 Å². The molecule has 1 aliphatic rings. The van der Waals surface area contributed by atoms with E-state index >= 15 is 0 Å². The number of aromatic nitrogens is 1. The third-order valence-corrected chi connectivity index (χ3v) is 2.57. The summed E-state index contributed by atoms with van der Waals surface area (Å²) in [6, 6.07) is 8.27. The van der Waals surface area contributed by atoms with E-state index in [0.717, 1.165) is 31.7 Å². The lowest BCUT2D eigenvalue weighted by Crippen LogP contribution is -2.20. The van der Waals surface area contributed by atoms with Crippen molar-refractivity contribution in [1.29, 1.82) is 5.26 Å². The maximum atomic E-state index is 8.76. The van der Waals surface area contributed by atoms with E-state index in [1.807, 2.05) is 24.4 Å². The topological polar surface area (TPSA) is 39.9 Å². The molecule has 3 nitrogen and oxygen atoms in total. The largest absolute Gasteiger partial charge is 0.296 e. The van der Waals surface area contributed by atoms with Crippen molar-refractivity contribution >= 4 is 0 Å². The zero-order valence-electron chi connectivity index (χ0n) is 8.06. The summed E-state index contributed by atoms with van der Waals surface area (Å²) in [4.78, 5) is 6.56. The van der Waals surface area contributed by atoms with Crippen molar-refractivity contribution in [3.8, 4) is 6.07 Å². The number of nitrogens with zero attached hydrogens (tertiary/aromatic N) is 3. The molecular formula is C11H13N3. The summed E-state index contributed by atoms with van der Waals surface area (Å²) in [6.45, 7) is 2.79. The number of nitriles is 1. The molecule has 1 atom stereocenters. The summed E-state index contributed by atoms with van der Waals surface area (Å²) in [5.74, 6) is 0.221. The SMILES string of the molecule is N#CC1CCN(Cc2ccccn2)C1. The highest BCUT2D eigenvalue weighted by Gasteiger charge is 2.21. The lowest BCUT2D eigenvalue weighted by molar-refractivity contribution is 0.321. The van der Waals surface area contributed by atoms with Crippen LogP contribution in [-0.4, -0.2) is 23.0 Å². The zero-order valence-corrected chi connectivity index (χ0v) is 8.06. The van der Waals surface area contributed by atoms with Crippen molar-refractivity contribution in [3.05, 3.63) is 30.1 Å². The molecule has 0 saturated carbocycles. The van der Waals surface area contributed by atoms with Crippen LogP contribution in [0.15, 0.2) is 24.4 Å². The first-order valence-corrected chi connectivity index (χ1v) is 4.90. The molecule has 1 aromatic heterocycles. The van der Waals surface area contributed by atoms with Crippen molar-refractivity contribution in [3.63, 3.8) is 0 Å². The highest BCUT2D eigenvalue weighted by atomic mass is 15.1. The molecule has 1 aromatic rings. The first-order chi connectivity index (χ1) is 6.88. The maximum absolute atomic E-state index is 8.76. The molecule has 1 saturated heterocycles. The van der Waals surface area contributed by atoms with Gasteiger partial charge in [0.05, 0.1) is 17.7 Å². The summed E-state index contributed by atoms with van der Waals surface area (Å²) < 4.78 is 0. The molecule has 0 aliphatic carbocycles. The minimum atomic E-state index is 0.221. The van der Waals surface area contributed by atoms with Gasteiger partial charge in [-0.2, -0.15) is 5.26 Å². The Hall–Kier alpha value is -1.40. The fourth-order valence-corrected chi connectivity index (χ4v) is 1.80. The van der Waals surface area contributed by atoms with Crippen LogP contribution in [0, 0.1) is 17.2 Å². The molecular weight excluding hydrogens is 174 g/mol. The Morgan fingerprint density at radius 2 is 2.50 bits per heavy atom. The molecule has 1 aliphatic heterocycles. The second-order valence-corrected chi connectivity index (χ2v) is 3.67. The zero-order chi connectivity index (χ0) is 9.80. The molecule has 2 rings (SSSR count). The van der Waals surface area contributed by atoms with Crippen LogP contribution in [0.4, 0.5) is 0 Å². The minimum absolute atomic E-state index is 0.221. The van der Waals surface area contributed by atoms with E-state index in [0.29, 0.717) is 0 Å². The quantitative estimate of drug-likeness (QED) is 0.703. The molecule has 0 amide bonds. The van der Waals surface area contributed by atoms with Gasteiger partial charge in [0.25, 0.3) is 0 Å². The van der Waals surface area contributed by atoms with Crippen LogP contribution in [-0.2, 0) is 6.54 Å². The fraction of sp³-hybridized carbons (Fsp3) is 0.455. The van der Waals surface area contributed by atoms with E-state index < -0.39 is 0 Å². The predicted octanol–water partition coefficient (Wildman–Crippen LogP) is 1.43. The summed E-state index contributed by atoms with van der Waals surface area (Å²) in [5.41, 5.74) is 1.09. The van der Waals surface area contributed by atoms with E-state index in [4.69, 9.17) is 5.26 Å². The van der Waals surface area contributed by atoms with Crippen molar-refractivity contribution in [2.75, 3.05) is 13.1 Å². The second-order valence-electron chi connectivity index (χ2n) is 3.67. The molecule has 3 heteroatoms. The van der Waals surface area contributed by atoms with Gasteiger partial charge < -0.3 is 0 Å². The molecule has 14 heavy (non-hydrogen) atoms. The summed E-state index contributed by atoms with van der Waals surface area (Å²) in [5, 5.41) is 8.76. The molecule has 1 fully saturated rings. The second kappa shape index (κ2) is 4.21. The van der Waals surface area contributed by atoms with E-state index in [1.165, 1.54) is 0 Å². The molecule has 72 valence electrons. The highest BCUT2D eigenvalue weighted by molar-refractivity contribution is 5.04. The predicted molar refractivity (Wildman–Crippen MR) is 53.2 cm³/mol. The van der Waals surface area contributed by atoms with Crippen LogP contribution in [0.3, 0.4) is 0 Å². The fourth-order valence-electron chi connectivity index (χ4n) is 1.80. The van der Waals surface area contributed by atoms with Crippen LogP contribution in [0.1, 0.15) is 12.1 Å². The number of hydrogen-bond donors (Lipinski definition) is 0. The van der Waals surface area contributed by atoms with Gasteiger partial charge >= 0.3 is 0 Å². The minimum Gasteiger partial charge on any atom is -0.296 e. The number of pyridine rings is 1. The molecule has 0 N–H and O–H groups in total. The monoisotopic (exact) mass is 187 g/mol. The van der Waals surface area contributed by atoms with Gasteiger partial charge in [-0.15, -0.1) is 0 Å². The van der Waals surface area contributed by atoms with E-state index in [1.54, 1.807) is 0 Å². The van der Waals surface area contributed by atoms with Crippen molar-refractivity contribution in [2.24, 2.45) is 5.92 Å². The van der Waals surface area contributed by atoms with Crippen LogP contribution >= 0.6 is 0 Å². The third-order valence-electron chi connectivity index (χ3n) is 2.57. The first-order valence-electron chi connectivity index (χ1n) is 4.90. The Morgan fingerprint density at radius 1 is 1.57 bits per heavy atom. The van der Waals surface area contributed by atoms with Gasteiger partial charge in [0.15, 0.2) is 0 Å². The Balaban J connectivity index is 1.91. The van der Waals surface area contributed by atoms with E-state index in [2.05, 4.69) is 16.0 Å². The van der Waals surface area contributed by atoms with Gasteiger partial charge in [-0.25, -0.2) is 0 Å². The third kappa shape index (κ3) is 2.09. The molecule has 2 heterocycles. The molecule has 0 radical (unpaired) electrons. The summed E-state index contributed by atoms with van der Waals surface area (Å²) in [6.07, 6.45) is 2.82. The van der Waals surface area contributed by atoms with Crippen molar-refractivity contribution in [1.82, 2.24) is 9.88 Å². The van der Waals surface area contributed by atoms with Crippen LogP contribution < -0.4 is 0 Å². The molecule has 0 aromatic carbocycles. The van der Waals surface area contributed by atoms with Crippen molar-refractivity contribution in [2.45, 2.75) is 13.0 Å². The van der Waals surface area contributed by atoms with Crippen LogP contribution in [0.2, 0.25) is 0 Å². The average molecular weight is 187 g/mol. The highest BCUT2D eigenvalue weighted by Crippen LogP contribution is 2.16. The molecule has 0 bridgehead atoms. The first kappa shape index (κ1) is 9.17. The Bertz CT molecular complexity index is 328. The lowest BCUT2D eigenvalue weighted by atomic mass is 10.1. The lowest BCUT2D eigenvalue weighted by Gasteiger charge is -2.13. The molecule has 0 spiro atoms. The number of rotatable bonds is 2. The Labute approximate surface area is 84.0 Å². The van der Waals surface area contributed by atoms with E-state index in [-0.39, 0.29) is 5.92 Å².